The van der Waals surface area contributed by atoms with Crippen LogP contribution in [0.2, 0.25) is 0 Å². The third kappa shape index (κ3) is 6.47. The summed E-state index contributed by atoms with van der Waals surface area (Å²) >= 11 is 1.96. The number of pyridine rings is 1. The molecule has 1 atom stereocenters. The summed E-state index contributed by atoms with van der Waals surface area (Å²) in [4.78, 5) is 28.0. The SMILES string of the molecule is Cc1c(Cc2c(F)cccc2C(F)(F)F)c2n(c(=O)c1-c1cccc(OC(F)(F)F)c1)C(C(=O)Sc1ccccc1)CS2. The summed E-state index contributed by atoms with van der Waals surface area (Å²) < 4.78 is 101. The lowest BCUT2D eigenvalue weighted by molar-refractivity contribution is -0.274. The van der Waals surface area contributed by atoms with Gasteiger partial charge in [0.05, 0.1) is 16.2 Å². The van der Waals surface area contributed by atoms with E-state index in [0.717, 1.165) is 58.4 Å². The summed E-state index contributed by atoms with van der Waals surface area (Å²) in [5, 5.41) is -0.228. The third-order valence-corrected chi connectivity index (χ3v) is 8.97. The van der Waals surface area contributed by atoms with E-state index in [0.29, 0.717) is 4.90 Å². The van der Waals surface area contributed by atoms with Crippen molar-refractivity contribution in [2.24, 2.45) is 0 Å². The Morgan fingerprint density at radius 2 is 1.67 bits per heavy atom. The van der Waals surface area contributed by atoms with Gasteiger partial charge >= 0.3 is 12.5 Å². The number of ether oxygens (including phenoxy) is 1. The first kappa shape index (κ1) is 30.7. The van der Waals surface area contributed by atoms with Crippen molar-refractivity contribution in [1.29, 1.82) is 0 Å². The van der Waals surface area contributed by atoms with Crippen LogP contribution >= 0.6 is 23.5 Å². The Balaban J connectivity index is 1.71. The number of rotatable bonds is 6. The molecule has 1 aromatic heterocycles. The summed E-state index contributed by atoms with van der Waals surface area (Å²) in [6.45, 7) is 1.44. The van der Waals surface area contributed by atoms with E-state index in [4.69, 9.17) is 0 Å². The van der Waals surface area contributed by atoms with Gasteiger partial charge < -0.3 is 4.74 Å². The van der Waals surface area contributed by atoms with Crippen molar-refractivity contribution in [2.75, 3.05) is 5.75 Å². The number of carbonyl (C=O) groups is 1. The molecule has 0 amide bonds. The highest BCUT2D eigenvalue weighted by Gasteiger charge is 2.38. The van der Waals surface area contributed by atoms with Crippen LogP contribution in [0, 0.1) is 12.7 Å². The molecule has 0 fully saturated rings. The number of hydrogen-bond donors (Lipinski definition) is 0. The molecule has 0 bridgehead atoms. The minimum atomic E-state index is -5.02. The highest BCUT2D eigenvalue weighted by molar-refractivity contribution is 8.13. The Morgan fingerprint density at radius 3 is 2.35 bits per heavy atom. The average molecular weight is 640 g/mol. The van der Waals surface area contributed by atoms with Crippen LogP contribution in [0.4, 0.5) is 30.7 Å². The molecular formula is C30H20F7NO3S2. The zero-order chi connectivity index (χ0) is 31.1. The minimum absolute atomic E-state index is 0.0100. The number of benzene rings is 3. The number of carbonyl (C=O) groups excluding carboxylic acids is 1. The van der Waals surface area contributed by atoms with Crippen molar-refractivity contribution in [3.8, 4) is 16.9 Å². The van der Waals surface area contributed by atoms with Gasteiger partial charge in [-0.3, -0.25) is 14.2 Å². The standard InChI is InChI=1S/C30H20F7NO3S2/c1-16-20(14-21-22(29(32,33)34)11-6-12-23(21)31)27-38(24(15-42-27)28(40)43-19-9-3-2-4-10-19)26(39)25(16)17-7-5-8-18(13-17)41-30(35,36)37/h2-13,24H,14-15H2,1H3. The van der Waals surface area contributed by atoms with E-state index < -0.39 is 58.4 Å². The quantitative estimate of drug-likeness (QED) is 0.157. The predicted octanol–water partition coefficient (Wildman–Crippen LogP) is 8.44. The van der Waals surface area contributed by atoms with Crippen LogP contribution in [0.3, 0.4) is 0 Å². The largest absolute Gasteiger partial charge is 0.573 e. The number of fused-ring (bicyclic) bond motifs is 1. The zero-order valence-electron chi connectivity index (χ0n) is 22.1. The van der Waals surface area contributed by atoms with Crippen LogP contribution in [0.25, 0.3) is 11.1 Å². The molecule has 4 aromatic rings. The first-order valence-electron chi connectivity index (χ1n) is 12.6. The lowest BCUT2D eigenvalue weighted by atomic mass is 9.92. The van der Waals surface area contributed by atoms with Crippen LogP contribution in [0.15, 0.2) is 87.5 Å². The fourth-order valence-corrected chi connectivity index (χ4v) is 7.25. The van der Waals surface area contributed by atoms with Crippen molar-refractivity contribution in [2.45, 2.75) is 41.8 Å². The molecule has 1 aliphatic heterocycles. The molecule has 5 rings (SSSR count). The van der Waals surface area contributed by atoms with Crippen molar-refractivity contribution in [1.82, 2.24) is 4.57 Å². The Bertz CT molecular complexity index is 1750. The van der Waals surface area contributed by atoms with Gasteiger partial charge in [0.1, 0.15) is 17.6 Å². The topological polar surface area (TPSA) is 48.3 Å². The molecule has 1 unspecified atom stereocenters. The molecule has 0 spiro atoms. The van der Waals surface area contributed by atoms with Crippen LogP contribution in [-0.4, -0.2) is 21.8 Å². The van der Waals surface area contributed by atoms with E-state index in [-0.39, 0.29) is 33.0 Å². The summed E-state index contributed by atoms with van der Waals surface area (Å²) in [6, 6.07) is 14.7. The number of hydrogen-bond acceptors (Lipinski definition) is 5. The van der Waals surface area contributed by atoms with Gasteiger partial charge in [-0.2, -0.15) is 13.2 Å². The molecule has 224 valence electrons. The number of aromatic nitrogens is 1. The van der Waals surface area contributed by atoms with E-state index in [1.54, 1.807) is 30.3 Å². The normalized spacial score (nSPS) is 14.9. The van der Waals surface area contributed by atoms with E-state index >= 15 is 0 Å². The number of thioether (sulfide) groups is 2. The highest BCUT2D eigenvalue weighted by atomic mass is 32.2. The summed E-state index contributed by atoms with van der Waals surface area (Å²) in [6.07, 6.45) is -10.5. The van der Waals surface area contributed by atoms with Crippen molar-refractivity contribution < 1.29 is 40.3 Å². The second-order valence-corrected chi connectivity index (χ2v) is 11.6. The predicted molar refractivity (Wildman–Crippen MR) is 149 cm³/mol. The fourth-order valence-electron chi connectivity index (χ4n) is 4.93. The van der Waals surface area contributed by atoms with Gasteiger partial charge in [-0.1, -0.05) is 36.4 Å². The van der Waals surface area contributed by atoms with Crippen LogP contribution < -0.4 is 10.3 Å². The van der Waals surface area contributed by atoms with E-state index in [9.17, 15) is 40.3 Å². The molecule has 4 nitrogen and oxygen atoms in total. The van der Waals surface area contributed by atoms with Crippen LogP contribution in [0.5, 0.6) is 5.75 Å². The smallest absolute Gasteiger partial charge is 0.406 e. The molecule has 0 radical (unpaired) electrons. The highest BCUT2D eigenvalue weighted by Crippen LogP contribution is 2.43. The molecule has 0 saturated carbocycles. The van der Waals surface area contributed by atoms with E-state index in [2.05, 4.69) is 4.74 Å². The van der Waals surface area contributed by atoms with Crippen molar-refractivity contribution >= 4 is 28.6 Å². The lowest BCUT2D eigenvalue weighted by Gasteiger charge is -2.21. The molecule has 2 heterocycles. The molecule has 3 aromatic carbocycles. The van der Waals surface area contributed by atoms with Gasteiger partial charge in [-0.15, -0.1) is 24.9 Å². The minimum Gasteiger partial charge on any atom is -0.406 e. The van der Waals surface area contributed by atoms with E-state index in [1.165, 1.54) is 19.1 Å². The van der Waals surface area contributed by atoms with Gasteiger partial charge in [0.2, 0.25) is 5.12 Å². The fraction of sp³-hybridized carbons (Fsp3) is 0.200. The molecule has 0 saturated heterocycles. The maximum absolute atomic E-state index is 15.0. The summed E-state index contributed by atoms with van der Waals surface area (Å²) in [5.74, 6) is -1.66. The average Bonchev–Trinajstić information content (AvgIpc) is 3.37. The first-order valence-corrected chi connectivity index (χ1v) is 14.4. The first-order chi connectivity index (χ1) is 20.2. The number of alkyl halides is 6. The monoisotopic (exact) mass is 639 g/mol. The summed E-state index contributed by atoms with van der Waals surface area (Å²) in [7, 11) is 0. The maximum atomic E-state index is 15.0. The third-order valence-electron chi connectivity index (χ3n) is 6.79. The van der Waals surface area contributed by atoms with Gasteiger partial charge in [0, 0.05) is 22.6 Å². The molecule has 13 heteroatoms. The number of nitrogens with zero attached hydrogens (tertiary/aromatic N) is 1. The second-order valence-electron chi connectivity index (χ2n) is 9.54. The van der Waals surface area contributed by atoms with Crippen molar-refractivity contribution in [3.63, 3.8) is 0 Å². The van der Waals surface area contributed by atoms with E-state index in [1.807, 2.05) is 0 Å². The molecule has 1 aliphatic rings. The number of halogens is 7. The molecular weight excluding hydrogens is 619 g/mol. The Kier molecular flexibility index (Phi) is 8.41. The van der Waals surface area contributed by atoms with Gasteiger partial charge in [0.15, 0.2) is 0 Å². The molecule has 0 aliphatic carbocycles. The van der Waals surface area contributed by atoms with Gasteiger partial charge in [0.25, 0.3) is 5.56 Å². The Labute approximate surface area is 248 Å². The molecule has 0 N–H and O–H groups in total. The molecule has 43 heavy (non-hydrogen) atoms. The van der Waals surface area contributed by atoms with Crippen molar-refractivity contribution in [3.05, 3.63) is 111 Å². The second kappa shape index (κ2) is 11.8. The lowest BCUT2D eigenvalue weighted by Crippen LogP contribution is -2.30. The maximum Gasteiger partial charge on any atom is 0.573 e. The van der Waals surface area contributed by atoms with Gasteiger partial charge in [-0.25, -0.2) is 4.39 Å². The summed E-state index contributed by atoms with van der Waals surface area (Å²) in [5.41, 5.74) is -2.43. The van der Waals surface area contributed by atoms with Crippen LogP contribution in [0.1, 0.15) is 28.3 Å². The Hall–Kier alpha value is -3.71. The Morgan fingerprint density at radius 1 is 0.977 bits per heavy atom. The zero-order valence-corrected chi connectivity index (χ0v) is 23.7. The van der Waals surface area contributed by atoms with Gasteiger partial charge in [-0.05, 0) is 71.8 Å². The van der Waals surface area contributed by atoms with Crippen LogP contribution in [-0.2, 0) is 17.4 Å².